The fraction of sp³-hybridized carbons (Fsp3) is 0.167. The highest BCUT2D eigenvalue weighted by Crippen LogP contribution is 2.22. The van der Waals surface area contributed by atoms with Gasteiger partial charge in [-0.05, 0) is 54.0 Å². The van der Waals surface area contributed by atoms with E-state index in [0.717, 1.165) is 21.5 Å². The van der Waals surface area contributed by atoms with Crippen LogP contribution in [0.5, 0.6) is 0 Å². The number of hydrogen-bond donors (Lipinski definition) is 0. The van der Waals surface area contributed by atoms with Crippen LogP contribution in [0.4, 0.5) is 0 Å². The van der Waals surface area contributed by atoms with Crippen molar-refractivity contribution in [1.82, 2.24) is 9.78 Å². The van der Waals surface area contributed by atoms with Crippen LogP contribution in [0.15, 0.2) is 28.7 Å². The fourth-order valence-electron chi connectivity index (χ4n) is 1.55. The molecule has 0 amide bonds. The largest absolute Gasteiger partial charge is 0.237 e. The van der Waals surface area contributed by atoms with Crippen LogP contribution >= 0.6 is 15.9 Å². The number of nitriles is 1. The van der Waals surface area contributed by atoms with Gasteiger partial charge in [-0.3, -0.25) is 0 Å². The van der Waals surface area contributed by atoms with Crippen LogP contribution in [-0.4, -0.2) is 9.78 Å². The molecule has 0 radical (unpaired) electrons. The normalized spacial score (nSPS) is 10.1. The number of nitrogens with zero attached hydrogens (tertiary/aromatic N) is 3. The Morgan fingerprint density at radius 1 is 1.25 bits per heavy atom. The van der Waals surface area contributed by atoms with Crippen molar-refractivity contribution >= 4 is 15.9 Å². The van der Waals surface area contributed by atoms with Gasteiger partial charge >= 0.3 is 0 Å². The molecule has 1 aromatic carbocycles. The van der Waals surface area contributed by atoms with E-state index >= 15 is 0 Å². The summed E-state index contributed by atoms with van der Waals surface area (Å²) in [5.74, 6) is 0. The Kier molecular flexibility index (Phi) is 2.80. The lowest BCUT2D eigenvalue weighted by molar-refractivity contribution is 0.833. The number of rotatable bonds is 1. The van der Waals surface area contributed by atoms with Gasteiger partial charge in [0, 0.05) is 0 Å². The van der Waals surface area contributed by atoms with Crippen molar-refractivity contribution < 1.29 is 0 Å². The molecule has 0 atom stereocenters. The van der Waals surface area contributed by atoms with Gasteiger partial charge in [-0.1, -0.05) is 0 Å². The lowest BCUT2D eigenvalue weighted by Crippen LogP contribution is -1.98. The summed E-state index contributed by atoms with van der Waals surface area (Å²) in [5, 5.41) is 13.1. The third-order valence-corrected chi connectivity index (χ3v) is 3.59. The fourth-order valence-corrected chi connectivity index (χ4v) is 1.80. The summed E-state index contributed by atoms with van der Waals surface area (Å²) in [6.45, 7) is 3.96. The van der Waals surface area contributed by atoms with E-state index in [0.29, 0.717) is 5.56 Å². The summed E-state index contributed by atoms with van der Waals surface area (Å²) in [6, 6.07) is 9.47. The number of aryl methyl sites for hydroxylation is 1. The topological polar surface area (TPSA) is 41.6 Å². The Hall–Kier alpha value is -1.60. The Balaban J connectivity index is 2.51. The minimum Gasteiger partial charge on any atom is -0.237 e. The minimum absolute atomic E-state index is 0.657. The molecule has 3 nitrogen and oxygen atoms in total. The first kappa shape index (κ1) is 10.9. The third kappa shape index (κ3) is 1.74. The van der Waals surface area contributed by atoms with Crippen LogP contribution in [0.2, 0.25) is 0 Å². The summed E-state index contributed by atoms with van der Waals surface area (Å²) in [7, 11) is 0. The highest BCUT2D eigenvalue weighted by atomic mass is 79.9. The summed E-state index contributed by atoms with van der Waals surface area (Å²) in [4.78, 5) is 0. The first-order chi connectivity index (χ1) is 7.63. The Bertz CT molecular complexity index is 561. The average molecular weight is 276 g/mol. The number of hydrogen-bond acceptors (Lipinski definition) is 2. The van der Waals surface area contributed by atoms with Gasteiger partial charge in [-0.2, -0.15) is 10.4 Å². The zero-order valence-corrected chi connectivity index (χ0v) is 10.6. The Labute approximate surface area is 102 Å². The molecule has 0 N–H and O–H groups in total. The molecular weight excluding hydrogens is 266 g/mol. The van der Waals surface area contributed by atoms with Crippen molar-refractivity contribution in [3.8, 4) is 11.8 Å². The third-order valence-electron chi connectivity index (χ3n) is 2.44. The van der Waals surface area contributed by atoms with Crippen LogP contribution in [0.3, 0.4) is 0 Å². The highest BCUT2D eigenvalue weighted by Gasteiger charge is 2.09. The molecule has 16 heavy (non-hydrogen) atoms. The molecule has 1 heterocycles. The molecule has 0 fully saturated rings. The zero-order valence-electron chi connectivity index (χ0n) is 9.03. The van der Waals surface area contributed by atoms with E-state index in [4.69, 9.17) is 5.26 Å². The first-order valence-corrected chi connectivity index (χ1v) is 5.65. The van der Waals surface area contributed by atoms with E-state index < -0.39 is 0 Å². The van der Waals surface area contributed by atoms with Gasteiger partial charge in [-0.25, -0.2) is 4.68 Å². The van der Waals surface area contributed by atoms with Crippen molar-refractivity contribution in [2.45, 2.75) is 13.8 Å². The second-order valence-electron chi connectivity index (χ2n) is 3.56. The van der Waals surface area contributed by atoms with Crippen molar-refractivity contribution in [1.29, 1.82) is 5.26 Å². The molecule has 0 aliphatic rings. The maximum atomic E-state index is 8.72. The molecule has 0 aliphatic heterocycles. The van der Waals surface area contributed by atoms with Crippen molar-refractivity contribution in [3.05, 3.63) is 45.7 Å². The van der Waals surface area contributed by atoms with Gasteiger partial charge in [0.1, 0.15) is 0 Å². The van der Waals surface area contributed by atoms with E-state index in [1.165, 1.54) is 0 Å². The first-order valence-electron chi connectivity index (χ1n) is 4.85. The van der Waals surface area contributed by atoms with Crippen LogP contribution in [0, 0.1) is 25.2 Å². The van der Waals surface area contributed by atoms with Crippen molar-refractivity contribution in [3.63, 3.8) is 0 Å². The SMILES string of the molecule is Cc1nn(-c2ccc(C#N)cc2)c(C)c1Br. The van der Waals surface area contributed by atoms with Crippen molar-refractivity contribution in [2.75, 3.05) is 0 Å². The molecule has 0 saturated heterocycles. The van der Waals surface area contributed by atoms with Gasteiger partial charge in [0.15, 0.2) is 0 Å². The van der Waals surface area contributed by atoms with Crippen LogP contribution < -0.4 is 0 Å². The standard InChI is InChI=1S/C12H10BrN3/c1-8-12(13)9(2)16(15-8)11-5-3-10(7-14)4-6-11/h3-6H,1-2H3. The van der Waals surface area contributed by atoms with E-state index in [-0.39, 0.29) is 0 Å². The molecule has 4 heteroatoms. The predicted molar refractivity (Wildman–Crippen MR) is 65.5 cm³/mol. The summed E-state index contributed by atoms with van der Waals surface area (Å²) >= 11 is 3.49. The number of benzene rings is 1. The lowest BCUT2D eigenvalue weighted by atomic mass is 10.2. The smallest absolute Gasteiger partial charge is 0.0991 e. The predicted octanol–water partition coefficient (Wildman–Crippen LogP) is 3.12. The van der Waals surface area contributed by atoms with Gasteiger partial charge in [0.25, 0.3) is 0 Å². The Morgan fingerprint density at radius 3 is 2.31 bits per heavy atom. The monoisotopic (exact) mass is 275 g/mol. The Morgan fingerprint density at radius 2 is 1.88 bits per heavy atom. The molecular formula is C12H10BrN3. The second kappa shape index (κ2) is 4.11. The second-order valence-corrected chi connectivity index (χ2v) is 4.35. The van der Waals surface area contributed by atoms with Gasteiger partial charge in [0.05, 0.1) is 33.2 Å². The number of halogens is 1. The van der Waals surface area contributed by atoms with Gasteiger partial charge < -0.3 is 0 Å². The summed E-state index contributed by atoms with van der Waals surface area (Å²) < 4.78 is 2.89. The summed E-state index contributed by atoms with van der Waals surface area (Å²) in [6.07, 6.45) is 0. The molecule has 2 aromatic rings. The molecule has 0 aliphatic carbocycles. The lowest BCUT2D eigenvalue weighted by Gasteiger charge is -2.03. The van der Waals surface area contributed by atoms with E-state index in [1.54, 1.807) is 12.1 Å². The highest BCUT2D eigenvalue weighted by molar-refractivity contribution is 9.10. The van der Waals surface area contributed by atoms with E-state index in [9.17, 15) is 0 Å². The van der Waals surface area contributed by atoms with E-state index in [1.807, 2.05) is 30.7 Å². The molecule has 0 saturated carbocycles. The minimum atomic E-state index is 0.657. The van der Waals surface area contributed by atoms with Crippen molar-refractivity contribution in [2.24, 2.45) is 0 Å². The molecule has 80 valence electrons. The van der Waals surface area contributed by atoms with E-state index in [2.05, 4.69) is 27.1 Å². The maximum absolute atomic E-state index is 8.72. The molecule has 0 spiro atoms. The molecule has 0 unspecified atom stereocenters. The number of aromatic nitrogens is 2. The summed E-state index contributed by atoms with van der Waals surface area (Å²) in [5.41, 5.74) is 3.64. The van der Waals surface area contributed by atoms with Gasteiger partial charge in [-0.15, -0.1) is 0 Å². The quantitative estimate of drug-likeness (QED) is 0.803. The average Bonchev–Trinajstić information content (AvgIpc) is 2.57. The molecule has 2 rings (SSSR count). The van der Waals surface area contributed by atoms with Gasteiger partial charge in [0.2, 0.25) is 0 Å². The van der Waals surface area contributed by atoms with Crippen LogP contribution in [-0.2, 0) is 0 Å². The zero-order chi connectivity index (χ0) is 11.7. The molecule has 1 aromatic heterocycles. The van der Waals surface area contributed by atoms with Crippen LogP contribution in [0.1, 0.15) is 17.0 Å². The molecule has 0 bridgehead atoms. The van der Waals surface area contributed by atoms with Crippen LogP contribution in [0.25, 0.3) is 5.69 Å². The maximum Gasteiger partial charge on any atom is 0.0991 e.